The molecule has 0 atom stereocenters. The largest absolute Gasteiger partial charge is 0.366 e. The van der Waals surface area contributed by atoms with Crippen molar-refractivity contribution in [3.8, 4) is 0 Å². The van der Waals surface area contributed by atoms with Gasteiger partial charge in [-0.05, 0) is 37.1 Å². The second-order valence-corrected chi connectivity index (χ2v) is 6.34. The lowest BCUT2D eigenvalue weighted by atomic mass is 10.1. The molecule has 1 aliphatic rings. The van der Waals surface area contributed by atoms with Crippen molar-refractivity contribution >= 4 is 17.4 Å². The van der Waals surface area contributed by atoms with Crippen LogP contribution in [0.3, 0.4) is 0 Å². The number of para-hydroxylation sites is 1. The van der Waals surface area contributed by atoms with Crippen molar-refractivity contribution in [2.45, 2.75) is 44.6 Å². The van der Waals surface area contributed by atoms with Crippen LogP contribution in [-0.2, 0) is 0 Å². The van der Waals surface area contributed by atoms with Gasteiger partial charge in [0.05, 0.1) is 0 Å². The molecule has 0 radical (unpaired) electrons. The number of rotatable bonds is 4. The van der Waals surface area contributed by atoms with E-state index in [4.69, 9.17) is 0 Å². The molecule has 0 saturated heterocycles. The summed E-state index contributed by atoms with van der Waals surface area (Å²) < 4.78 is 0. The van der Waals surface area contributed by atoms with Crippen LogP contribution in [0.15, 0.2) is 42.5 Å². The summed E-state index contributed by atoms with van der Waals surface area (Å²) >= 11 is 0. The molecule has 3 rings (SSSR count). The Morgan fingerprint density at radius 1 is 1.00 bits per heavy atom. The molecule has 1 aliphatic carbocycles. The smallest absolute Gasteiger partial charge is 0.278 e. The highest BCUT2D eigenvalue weighted by Gasteiger charge is 2.16. The molecule has 1 fully saturated rings. The summed E-state index contributed by atoms with van der Waals surface area (Å²) in [5, 5.41) is 11.8. The van der Waals surface area contributed by atoms with Gasteiger partial charge in [-0.2, -0.15) is 0 Å². The molecule has 1 aromatic carbocycles. The molecule has 126 valence electrons. The van der Waals surface area contributed by atoms with Crippen LogP contribution in [0.25, 0.3) is 0 Å². The number of carbonyl (C=O) groups excluding carboxylic acids is 1. The lowest BCUT2D eigenvalue weighted by Crippen LogP contribution is -2.27. The van der Waals surface area contributed by atoms with Crippen molar-refractivity contribution in [2.24, 2.45) is 0 Å². The lowest BCUT2D eigenvalue weighted by molar-refractivity contribution is 0.0987. The predicted octanol–water partition coefficient (Wildman–Crippen LogP) is 3.89. The zero-order valence-corrected chi connectivity index (χ0v) is 14.1. The third-order valence-corrected chi connectivity index (χ3v) is 4.54. The molecule has 1 amide bonds. The lowest BCUT2D eigenvalue weighted by Gasteiger charge is -2.18. The first-order valence-corrected chi connectivity index (χ1v) is 8.67. The van der Waals surface area contributed by atoms with Crippen molar-refractivity contribution in [2.75, 3.05) is 17.3 Å². The number of amides is 1. The van der Waals surface area contributed by atoms with Crippen LogP contribution in [0, 0.1) is 0 Å². The fraction of sp³-hybridized carbons (Fsp3) is 0.421. The SMILES string of the molecule is CN(C(=O)c1ccc(NC2CCCCCC2)nn1)c1ccccc1. The van der Waals surface area contributed by atoms with Crippen molar-refractivity contribution in [1.29, 1.82) is 0 Å². The highest BCUT2D eigenvalue weighted by Crippen LogP contribution is 2.20. The minimum absolute atomic E-state index is 0.158. The topological polar surface area (TPSA) is 58.1 Å². The second kappa shape index (κ2) is 7.90. The van der Waals surface area contributed by atoms with Gasteiger partial charge >= 0.3 is 0 Å². The minimum Gasteiger partial charge on any atom is -0.366 e. The van der Waals surface area contributed by atoms with Crippen molar-refractivity contribution in [3.63, 3.8) is 0 Å². The number of hydrogen-bond donors (Lipinski definition) is 1. The second-order valence-electron chi connectivity index (χ2n) is 6.34. The average molecular weight is 324 g/mol. The molecule has 0 unspecified atom stereocenters. The van der Waals surface area contributed by atoms with Gasteiger partial charge in [0.1, 0.15) is 5.82 Å². The fourth-order valence-corrected chi connectivity index (χ4v) is 3.10. The number of carbonyl (C=O) groups is 1. The van der Waals surface area contributed by atoms with E-state index in [1.54, 1.807) is 18.0 Å². The number of hydrogen-bond acceptors (Lipinski definition) is 4. The molecule has 1 heterocycles. The fourth-order valence-electron chi connectivity index (χ4n) is 3.10. The molecule has 0 aliphatic heterocycles. The normalized spacial score (nSPS) is 15.5. The summed E-state index contributed by atoms with van der Waals surface area (Å²) in [6.45, 7) is 0. The number of nitrogens with zero attached hydrogens (tertiary/aromatic N) is 3. The van der Waals surface area contributed by atoms with Crippen LogP contribution >= 0.6 is 0 Å². The Kier molecular flexibility index (Phi) is 5.41. The van der Waals surface area contributed by atoms with Crippen LogP contribution in [0.4, 0.5) is 11.5 Å². The third-order valence-electron chi connectivity index (χ3n) is 4.54. The monoisotopic (exact) mass is 324 g/mol. The maximum Gasteiger partial charge on any atom is 0.278 e. The third kappa shape index (κ3) is 4.10. The van der Waals surface area contributed by atoms with Crippen LogP contribution in [-0.4, -0.2) is 29.2 Å². The maximum atomic E-state index is 12.5. The maximum absolute atomic E-state index is 12.5. The molecule has 1 aromatic heterocycles. The van der Waals surface area contributed by atoms with E-state index in [-0.39, 0.29) is 5.91 Å². The van der Waals surface area contributed by atoms with Gasteiger partial charge in [-0.25, -0.2) is 0 Å². The summed E-state index contributed by atoms with van der Waals surface area (Å²) in [5.41, 5.74) is 1.19. The van der Waals surface area contributed by atoms with Crippen molar-refractivity contribution in [3.05, 3.63) is 48.2 Å². The molecule has 5 heteroatoms. The van der Waals surface area contributed by atoms with Crippen molar-refractivity contribution in [1.82, 2.24) is 10.2 Å². The van der Waals surface area contributed by atoms with Gasteiger partial charge in [-0.1, -0.05) is 43.9 Å². The van der Waals surface area contributed by atoms with E-state index < -0.39 is 0 Å². The first-order chi connectivity index (χ1) is 11.7. The van der Waals surface area contributed by atoms with E-state index in [2.05, 4.69) is 15.5 Å². The molecular formula is C19H24N4O. The van der Waals surface area contributed by atoms with Gasteiger partial charge in [0.25, 0.3) is 5.91 Å². The Morgan fingerprint density at radius 3 is 2.33 bits per heavy atom. The van der Waals surface area contributed by atoms with Gasteiger partial charge in [0.2, 0.25) is 0 Å². The van der Waals surface area contributed by atoms with Gasteiger partial charge in [-0.3, -0.25) is 4.79 Å². The molecule has 5 nitrogen and oxygen atoms in total. The molecule has 0 bridgehead atoms. The van der Waals surface area contributed by atoms with E-state index in [0.29, 0.717) is 11.7 Å². The Labute approximate surface area is 143 Å². The van der Waals surface area contributed by atoms with Crippen LogP contribution in [0.5, 0.6) is 0 Å². The Morgan fingerprint density at radius 2 is 1.71 bits per heavy atom. The van der Waals surface area contributed by atoms with Crippen LogP contribution in [0.1, 0.15) is 49.0 Å². The first-order valence-electron chi connectivity index (χ1n) is 8.67. The molecule has 2 aromatic rings. The van der Waals surface area contributed by atoms with Crippen LogP contribution in [0.2, 0.25) is 0 Å². The predicted molar refractivity (Wildman–Crippen MR) is 96.3 cm³/mol. The number of nitrogens with one attached hydrogen (secondary N) is 1. The molecule has 0 spiro atoms. The highest BCUT2D eigenvalue weighted by molar-refractivity contribution is 6.04. The highest BCUT2D eigenvalue weighted by atomic mass is 16.2. The standard InChI is InChI=1S/C19H24N4O/c1-23(16-11-7-4-8-12-16)19(24)17-13-14-18(22-21-17)20-15-9-5-2-3-6-10-15/h4,7-8,11-15H,2-3,5-6,9-10H2,1H3,(H,20,22). The molecular weight excluding hydrogens is 300 g/mol. The molecule has 1 saturated carbocycles. The van der Waals surface area contributed by atoms with E-state index in [1.807, 2.05) is 36.4 Å². The molecule has 1 N–H and O–H groups in total. The first kappa shape index (κ1) is 16.4. The summed E-state index contributed by atoms with van der Waals surface area (Å²) in [7, 11) is 1.75. The Bertz CT molecular complexity index is 649. The van der Waals surface area contributed by atoms with Gasteiger partial charge < -0.3 is 10.2 Å². The zero-order valence-electron chi connectivity index (χ0n) is 14.1. The van der Waals surface area contributed by atoms with Gasteiger partial charge in [-0.15, -0.1) is 10.2 Å². The number of aromatic nitrogens is 2. The van der Waals surface area contributed by atoms with E-state index >= 15 is 0 Å². The number of benzene rings is 1. The summed E-state index contributed by atoms with van der Waals surface area (Å²) in [4.78, 5) is 14.1. The van der Waals surface area contributed by atoms with E-state index in [0.717, 1.165) is 11.5 Å². The molecule has 24 heavy (non-hydrogen) atoms. The Hall–Kier alpha value is -2.43. The van der Waals surface area contributed by atoms with E-state index in [1.165, 1.54) is 38.5 Å². The van der Waals surface area contributed by atoms with Crippen LogP contribution < -0.4 is 10.2 Å². The Balaban J connectivity index is 1.64. The number of anilines is 2. The summed E-state index contributed by atoms with van der Waals surface area (Å²) in [6, 6.07) is 13.6. The summed E-state index contributed by atoms with van der Waals surface area (Å²) in [6.07, 6.45) is 7.54. The van der Waals surface area contributed by atoms with Gasteiger partial charge in [0, 0.05) is 18.8 Å². The summed E-state index contributed by atoms with van der Waals surface area (Å²) in [5.74, 6) is 0.593. The zero-order chi connectivity index (χ0) is 16.8. The van der Waals surface area contributed by atoms with Crippen molar-refractivity contribution < 1.29 is 4.79 Å². The minimum atomic E-state index is -0.158. The quantitative estimate of drug-likeness (QED) is 0.867. The average Bonchev–Trinajstić information content (AvgIpc) is 2.90. The van der Waals surface area contributed by atoms with Gasteiger partial charge in [0.15, 0.2) is 5.69 Å². The van der Waals surface area contributed by atoms with E-state index in [9.17, 15) is 4.79 Å².